The molecular weight excluding hydrogens is 379 g/mol. The Morgan fingerprint density at radius 1 is 1.17 bits per heavy atom. The molecule has 3 fully saturated rings. The van der Waals surface area contributed by atoms with Gasteiger partial charge in [0.25, 0.3) is 5.91 Å². The summed E-state index contributed by atoms with van der Waals surface area (Å²) in [5, 5.41) is 2.94. The van der Waals surface area contributed by atoms with Crippen LogP contribution in [0.15, 0.2) is 48.7 Å². The van der Waals surface area contributed by atoms with E-state index in [1.165, 1.54) is 12.3 Å². The van der Waals surface area contributed by atoms with Crippen LogP contribution >= 0.6 is 0 Å². The van der Waals surface area contributed by atoms with Crippen molar-refractivity contribution in [3.8, 4) is 0 Å². The average molecular weight is 403 g/mol. The number of rotatable bonds is 4. The van der Waals surface area contributed by atoms with Crippen LogP contribution in [0.4, 0.5) is 13.2 Å². The number of carbonyl (C=O) groups is 1. The maximum absolute atomic E-state index is 13.4. The van der Waals surface area contributed by atoms with Crippen molar-refractivity contribution >= 4 is 5.91 Å². The van der Waals surface area contributed by atoms with Gasteiger partial charge in [-0.25, -0.2) is 0 Å². The first-order valence-electron chi connectivity index (χ1n) is 9.90. The third-order valence-corrected chi connectivity index (χ3v) is 6.54. The Labute approximate surface area is 168 Å². The zero-order valence-corrected chi connectivity index (χ0v) is 16.2. The molecule has 1 aromatic heterocycles. The van der Waals surface area contributed by atoms with E-state index < -0.39 is 29.4 Å². The summed E-state index contributed by atoms with van der Waals surface area (Å²) < 4.78 is 40.2. The predicted molar refractivity (Wildman–Crippen MR) is 103 cm³/mol. The highest BCUT2D eigenvalue weighted by Crippen LogP contribution is 2.49. The van der Waals surface area contributed by atoms with Crippen molar-refractivity contribution in [1.82, 2.24) is 15.2 Å². The normalized spacial score (nSPS) is 25.6. The number of nitrogens with one attached hydrogen (secondary N) is 1. The molecule has 1 aliphatic carbocycles. The van der Waals surface area contributed by atoms with Gasteiger partial charge in [0.05, 0.1) is 11.6 Å². The summed E-state index contributed by atoms with van der Waals surface area (Å²) >= 11 is 0. The molecule has 1 unspecified atom stereocenters. The molecule has 1 amide bonds. The Balaban J connectivity index is 1.72. The summed E-state index contributed by atoms with van der Waals surface area (Å²) in [6.45, 7) is 0.941. The van der Waals surface area contributed by atoms with Gasteiger partial charge in [-0.2, -0.15) is 13.2 Å². The van der Waals surface area contributed by atoms with Crippen molar-refractivity contribution in [1.29, 1.82) is 0 Å². The summed E-state index contributed by atoms with van der Waals surface area (Å²) in [5.74, 6) is -0.135. The molecule has 29 heavy (non-hydrogen) atoms. The fraction of sp³-hybridized carbons (Fsp3) is 0.455. The highest BCUT2D eigenvalue weighted by Gasteiger charge is 2.50. The van der Waals surface area contributed by atoms with Gasteiger partial charge in [-0.1, -0.05) is 30.3 Å². The van der Waals surface area contributed by atoms with Gasteiger partial charge < -0.3 is 5.32 Å². The number of piperidine rings is 2. The SMILES string of the molecule is CN1CC2CCC1(C(NC(=O)c1ncccc1C(F)(F)F)c1ccccc1)CC2. The minimum Gasteiger partial charge on any atom is -0.342 e. The second-order valence-electron chi connectivity index (χ2n) is 8.14. The van der Waals surface area contributed by atoms with Gasteiger partial charge in [-0.3, -0.25) is 14.7 Å². The van der Waals surface area contributed by atoms with Crippen LogP contribution in [0.1, 0.15) is 53.3 Å². The molecule has 7 heteroatoms. The summed E-state index contributed by atoms with van der Waals surface area (Å²) in [6.07, 6.45) is 0.533. The van der Waals surface area contributed by atoms with Gasteiger partial charge in [0.15, 0.2) is 0 Å². The third kappa shape index (κ3) is 3.64. The van der Waals surface area contributed by atoms with Crippen molar-refractivity contribution in [3.05, 3.63) is 65.5 Å². The van der Waals surface area contributed by atoms with E-state index >= 15 is 0 Å². The molecule has 1 aromatic carbocycles. The lowest BCUT2D eigenvalue weighted by molar-refractivity contribution is -0.138. The average Bonchev–Trinajstić information content (AvgIpc) is 2.72. The topological polar surface area (TPSA) is 45.2 Å². The Bertz CT molecular complexity index is 876. The van der Waals surface area contributed by atoms with Crippen molar-refractivity contribution in [2.24, 2.45) is 5.92 Å². The summed E-state index contributed by atoms with van der Waals surface area (Å²) in [4.78, 5) is 19.1. The van der Waals surface area contributed by atoms with Gasteiger partial charge >= 0.3 is 6.18 Å². The number of pyridine rings is 1. The molecule has 2 saturated heterocycles. The van der Waals surface area contributed by atoms with Gasteiger partial charge in [0, 0.05) is 18.3 Å². The maximum Gasteiger partial charge on any atom is 0.418 e. The number of aromatic nitrogens is 1. The molecule has 2 aliphatic heterocycles. The van der Waals surface area contributed by atoms with Crippen LogP contribution < -0.4 is 5.32 Å². The summed E-state index contributed by atoms with van der Waals surface area (Å²) in [5.41, 5.74) is -0.997. The zero-order valence-electron chi connectivity index (χ0n) is 16.2. The first-order chi connectivity index (χ1) is 13.8. The Morgan fingerprint density at radius 2 is 1.86 bits per heavy atom. The third-order valence-electron chi connectivity index (χ3n) is 6.54. The molecule has 4 nitrogen and oxygen atoms in total. The van der Waals surface area contributed by atoms with E-state index in [-0.39, 0.29) is 5.54 Å². The Morgan fingerprint density at radius 3 is 2.48 bits per heavy atom. The highest BCUT2D eigenvalue weighted by molar-refractivity contribution is 5.94. The van der Waals surface area contributed by atoms with Gasteiger partial charge in [-0.15, -0.1) is 0 Å². The van der Waals surface area contributed by atoms with Crippen LogP contribution in [0.2, 0.25) is 0 Å². The molecule has 5 rings (SSSR count). The molecule has 2 aromatic rings. The highest BCUT2D eigenvalue weighted by atomic mass is 19.4. The lowest BCUT2D eigenvalue weighted by atomic mass is 9.66. The van der Waals surface area contributed by atoms with E-state index in [4.69, 9.17) is 0 Å². The molecule has 1 N–H and O–H groups in total. The minimum atomic E-state index is -4.64. The van der Waals surface area contributed by atoms with Crippen LogP contribution in [0.3, 0.4) is 0 Å². The molecule has 0 radical (unpaired) electrons. The molecule has 154 valence electrons. The lowest BCUT2D eigenvalue weighted by Gasteiger charge is -2.57. The smallest absolute Gasteiger partial charge is 0.342 e. The van der Waals surface area contributed by atoms with E-state index in [1.807, 2.05) is 30.3 Å². The number of hydrogen-bond acceptors (Lipinski definition) is 3. The zero-order chi connectivity index (χ0) is 20.6. The number of likely N-dealkylation sites (N-methyl/N-ethyl adjacent to an activating group) is 1. The first kappa shape index (κ1) is 19.9. The van der Waals surface area contributed by atoms with Crippen molar-refractivity contribution in [2.45, 2.75) is 43.4 Å². The fourth-order valence-corrected chi connectivity index (χ4v) is 5.01. The van der Waals surface area contributed by atoms with E-state index in [0.29, 0.717) is 5.92 Å². The van der Waals surface area contributed by atoms with Crippen molar-refractivity contribution in [3.63, 3.8) is 0 Å². The number of halogens is 3. The number of fused-ring (bicyclic) bond motifs is 3. The molecule has 3 heterocycles. The van der Waals surface area contributed by atoms with Crippen LogP contribution in [0.25, 0.3) is 0 Å². The number of amides is 1. The predicted octanol–water partition coefficient (Wildman–Crippen LogP) is 4.45. The number of carbonyl (C=O) groups excluding carboxylic acids is 1. The number of nitrogens with zero attached hydrogens (tertiary/aromatic N) is 2. The Hall–Kier alpha value is -2.41. The largest absolute Gasteiger partial charge is 0.418 e. The van der Waals surface area contributed by atoms with Crippen LogP contribution in [0.5, 0.6) is 0 Å². The standard InChI is InChI=1S/C22H24F3N3O/c1-28-14-15-9-11-21(28,12-10-15)19(16-6-3-2-4-7-16)27-20(29)18-17(22(23,24)25)8-5-13-26-18/h2-8,13,15,19H,9-12,14H2,1H3,(H,27,29). The van der Waals surface area contributed by atoms with Gasteiger partial charge in [-0.05, 0) is 56.3 Å². The van der Waals surface area contributed by atoms with E-state index in [1.54, 1.807) is 0 Å². The first-order valence-corrected chi connectivity index (χ1v) is 9.90. The van der Waals surface area contributed by atoms with Gasteiger partial charge in [0.2, 0.25) is 0 Å². The minimum absolute atomic E-state index is 0.307. The lowest BCUT2D eigenvalue weighted by Crippen LogP contribution is -2.62. The maximum atomic E-state index is 13.4. The monoisotopic (exact) mass is 403 g/mol. The molecule has 1 saturated carbocycles. The fourth-order valence-electron chi connectivity index (χ4n) is 5.01. The molecule has 0 spiro atoms. The number of alkyl halides is 3. The molecule has 3 aliphatic rings. The number of hydrogen-bond donors (Lipinski definition) is 1. The van der Waals surface area contributed by atoms with Crippen LogP contribution in [0, 0.1) is 5.92 Å². The Kier molecular flexibility index (Phi) is 5.11. The quantitative estimate of drug-likeness (QED) is 0.821. The van der Waals surface area contributed by atoms with E-state index in [0.717, 1.165) is 43.9 Å². The number of benzene rings is 1. The molecule has 2 bridgehead atoms. The van der Waals surface area contributed by atoms with E-state index in [9.17, 15) is 18.0 Å². The van der Waals surface area contributed by atoms with Gasteiger partial charge in [0.1, 0.15) is 5.69 Å². The van der Waals surface area contributed by atoms with Crippen LogP contribution in [-0.2, 0) is 6.18 Å². The second-order valence-corrected chi connectivity index (χ2v) is 8.14. The summed E-state index contributed by atoms with van der Waals surface area (Å²) in [6, 6.07) is 11.2. The van der Waals surface area contributed by atoms with E-state index in [2.05, 4.69) is 22.2 Å². The molecule has 1 atom stereocenters. The van der Waals surface area contributed by atoms with Crippen molar-refractivity contribution in [2.75, 3.05) is 13.6 Å². The van der Waals surface area contributed by atoms with Crippen LogP contribution in [-0.4, -0.2) is 34.9 Å². The van der Waals surface area contributed by atoms with Crippen molar-refractivity contribution < 1.29 is 18.0 Å². The summed E-state index contributed by atoms with van der Waals surface area (Å²) in [7, 11) is 2.05. The molecular formula is C22H24F3N3O. The second kappa shape index (κ2) is 7.44.